The van der Waals surface area contributed by atoms with Crippen molar-refractivity contribution in [2.45, 2.75) is 6.54 Å². The number of rotatable bonds is 4. The molecule has 122 valence electrons. The van der Waals surface area contributed by atoms with E-state index in [4.69, 9.17) is 17.0 Å². The molecule has 4 nitrogen and oxygen atoms in total. The van der Waals surface area contributed by atoms with Crippen molar-refractivity contribution in [3.8, 4) is 0 Å². The fourth-order valence-electron chi connectivity index (χ4n) is 2.34. The summed E-state index contributed by atoms with van der Waals surface area (Å²) in [6.07, 6.45) is 0. The second-order valence-electron chi connectivity index (χ2n) is 5.09. The third-order valence-corrected chi connectivity index (χ3v) is 4.90. The van der Waals surface area contributed by atoms with Gasteiger partial charge in [0.15, 0.2) is 5.11 Å². The molecule has 0 spiro atoms. The normalized spacial score (nSPS) is 10.4. The van der Waals surface area contributed by atoms with Crippen molar-refractivity contribution in [2.24, 2.45) is 0 Å². The van der Waals surface area contributed by atoms with Gasteiger partial charge >= 0.3 is 5.97 Å². The highest BCUT2D eigenvalue weighted by atomic mass is 32.1. The standard InChI is InChI=1S/C18H16N2O2S2/c1-22-17(21)16-15(13-9-5-6-10-14(13)24-16)20-18(23)19-11-12-7-3-2-4-8-12/h2-10H,11H2,1H3,(H2,19,20,23). The van der Waals surface area contributed by atoms with Crippen molar-refractivity contribution in [3.05, 3.63) is 65.0 Å². The summed E-state index contributed by atoms with van der Waals surface area (Å²) >= 11 is 6.77. The molecule has 3 aromatic rings. The van der Waals surface area contributed by atoms with Crippen molar-refractivity contribution >= 4 is 50.4 Å². The number of hydrogen-bond donors (Lipinski definition) is 2. The second-order valence-corrected chi connectivity index (χ2v) is 6.55. The predicted octanol–water partition coefficient (Wildman–Crippen LogP) is 4.17. The van der Waals surface area contributed by atoms with Gasteiger partial charge in [-0.15, -0.1) is 11.3 Å². The summed E-state index contributed by atoms with van der Waals surface area (Å²) in [5.41, 5.74) is 1.82. The molecule has 0 saturated heterocycles. The zero-order chi connectivity index (χ0) is 16.9. The summed E-state index contributed by atoms with van der Waals surface area (Å²) in [6, 6.07) is 17.8. The molecule has 1 aromatic heterocycles. The number of methoxy groups -OCH3 is 1. The van der Waals surface area contributed by atoms with E-state index in [0.717, 1.165) is 15.6 Å². The van der Waals surface area contributed by atoms with E-state index in [1.54, 1.807) is 0 Å². The maximum Gasteiger partial charge on any atom is 0.350 e. The van der Waals surface area contributed by atoms with Crippen LogP contribution < -0.4 is 10.6 Å². The fraction of sp³-hybridized carbons (Fsp3) is 0.111. The molecule has 6 heteroatoms. The van der Waals surface area contributed by atoms with Crippen LogP contribution in [-0.4, -0.2) is 18.2 Å². The molecule has 3 rings (SSSR count). The molecule has 0 aliphatic carbocycles. The number of hydrogen-bond acceptors (Lipinski definition) is 4. The van der Waals surface area contributed by atoms with Crippen molar-refractivity contribution in [1.29, 1.82) is 0 Å². The van der Waals surface area contributed by atoms with Gasteiger partial charge in [-0.25, -0.2) is 4.79 Å². The molecule has 0 bridgehead atoms. The number of anilines is 1. The quantitative estimate of drug-likeness (QED) is 0.543. The molecule has 0 fully saturated rings. The molecule has 24 heavy (non-hydrogen) atoms. The number of thiocarbonyl (C=S) groups is 1. The Bertz CT molecular complexity index is 875. The number of benzene rings is 2. The van der Waals surface area contributed by atoms with Crippen LogP contribution in [0, 0.1) is 0 Å². The Labute approximate surface area is 149 Å². The summed E-state index contributed by atoms with van der Waals surface area (Å²) < 4.78 is 5.89. The second kappa shape index (κ2) is 7.42. The average molecular weight is 356 g/mol. The Morgan fingerprint density at radius 1 is 1.12 bits per heavy atom. The molecule has 0 saturated carbocycles. The largest absolute Gasteiger partial charge is 0.465 e. The van der Waals surface area contributed by atoms with E-state index in [1.165, 1.54) is 18.4 Å². The summed E-state index contributed by atoms with van der Waals surface area (Å²) in [7, 11) is 1.38. The minimum Gasteiger partial charge on any atom is -0.465 e. The van der Waals surface area contributed by atoms with Gasteiger partial charge in [-0.3, -0.25) is 0 Å². The molecule has 1 heterocycles. The molecule has 0 amide bonds. The first-order chi connectivity index (χ1) is 11.7. The van der Waals surface area contributed by atoms with Gasteiger partial charge in [-0.1, -0.05) is 48.5 Å². The van der Waals surface area contributed by atoms with Gasteiger partial charge in [-0.2, -0.15) is 0 Å². The lowest BCUT2D eigenvalue weighted by Gasteiger charge is -2.11. The lowest BCUT2D eigenvalue weighted by Crippen LogP contribution is -2.28. The topological polar surface area (TPSA) is 50.4 Å². The summed E-state index contributed by atoms with van der Waals surface area (Å²) in [4.78, 5) is 12.6. The molecule has 2 aromatic carbocycles. The lowest BCUT2D eigenvalue weighted by molar-refractivity contribution is 0.0607. The van der Waals surface area contributed by atoms with Crippen LogP contribution in [0.5, 0.6) is 0 Å². The minimum absolute atomic E-state index is 0.371. The van der Waals surface area contributed by atoms with E-state index in [9.17, 15) is 4.79 Å². The fourth-order valence-corrected chi connectivity index (χ4v) is 3.59. The number of fused-ring (bicyclic) bond motifs is 1. The SMILES string of the molecule is COC(=O)c1sc2ccccc2c1NC(=S)NCc1ccccc1. The number of nitrogens with one attached hydrogen (secondary N) is 2. The van der Waals surface area contributed by atoms with Gasteiger partial charge in [0.1, 0.15) is 4.88 Å². The van der Waals surface area contributed by atoms with Crippen molar-refractivity contribution in [2.75, 3.05) is 12.4 Å². The van der Waals surface area contributed by atoms with Crippen LogP contribution in [-0.2, 0) is 11.3 Å². The third-order valence-electron chi connectivity index (χ3n) is 3.50. The number of carbonyl (C=O) groups excluding carboxylic acids is 1. The highest BCUT2D eigenvalue weighted by Crippen LogP contribution is 2.36. The van der Waals surface area contributed by atoms with Gasteiger partial charge in [0.25, 0.3) is 0 Å². The lowest BCUT2D eigenvalue weighted by atomic mass is 10.2. The van der Waals surface area contributed by atoms with Crippen LogP contribution in [0.3, 0.4) is 0 Å². The number of ether oxygens (including phenoxy) is 1. The molecule has 2 N–H and O–H groups in total. The Kier molecular flexibility index (Phi) is 5.08. The Hall–Kier alpha value is -2.44. The molecule has 0 aliphatic rings. The van der Waals surface area contributed by atoms with Crippen LogP contribution in [0.1, 0.15) is 15.2 Å². The highest BCUT2D eigenvalue weighted by molar-refractivity contribution is 7.80. The van der Waals surface area contributed by atoms with Crippen LogP contribution in [0.25, 0.3) is 10.1 Å². The maximum absolute atomic E-state index is 12.0. The summed E-state index contributed by atoms with van der Waals surface area (Å²) in [5.74, 6) is -0.371. The van der Waals surface area contributed by atoms with Crippen LogP contribution >= 0.6 is 23.6 Å². The first-order valence-corrected chi connectivity index (χ1v) is 8.60. The molecule has 0 unspecified atom stereocenters. The maximum atomic E-state index is 12.0. The Morgan fingerprint density at radius 3 is 2.58 bits per heavy atom. The van der Waals surface area contributed by atoms with Crippen molar-refractivity contribution in [3.63, 3.8) is 0 Å². The summed E-state index contributed by atoms with van der Waals surface area (Å²) in [5, 5.41) is 7.72. The van der Waals surface area contributed by atoms with Gasteiger partial charge < -0.3 is 15.4 Å². The van der Waals surface area contributed by atoms with Gasteiger partial charge in [0.05, 0.1) is 12.8 Å². The van der Waals surface area contributed by atoms with Gasteiger partial charge in [0, 0.05) is 16.6 Å². The van der Waals surface area contributed by atoms with Crippen LogP contribution in [0.2, 0.25) is 0 Å². The van der Waals surface area contributed by atoms with E-state index >= 15 is 0 Å². The number of thiophene rings is 1. The van der Waals surface area contributed by atoms with E-state index in [1.807, 2.05) is 54.6 Å². The van der Waals surface area contributed by atoms with E-state index in [0.29, 0.717) is 22.2 Å². The van der Waals surface area contributed by atoms with Crippen LogP contribution in [0.4, 0.5) is 5.69 Å². The molecule has 0 radical (unpaired) electrons. The van der Waals surface area contributed by atoms with E-state index < -0.39 is 0 Å². The molecule has 0 atom stereocenters. The Balaban J connectivity index is 1.80. The zero-order valence-electron chi connectivity index (χ0n) is 13.0. The average Bonchev–Trinajstić information content (AvgIpc) is 2.99. The minimum atomic E-state index is -0.371. The third kappa shape index (κ3) is 3.55. The monoisotopic (exact) mass is 356 g/mol. The summed E-state index contributed by atoms with van der Waals surface area (Å²) in [6.45, 7) is 0.613. The van der Waals surface area contributed by atoms with E-state index in [-0.39, 0.29) is 5.97 Å². The number of esters is 1. The first-order valence-electron chi connectivity index (χ1n) is 7.37. The van der Waals surface area contributed by atoms with Gasteiger partial charge in [0.2, 0.25) is 0 Å². The predicted molar refractivity (Wildman–Crippen MR) is 103 cm³/mol. The Morgan fingerprint density at radius 2 is 1.83 bits per heavy atom. The molecular formula is C18H16N2O2S2. The smallest absolute Gasteiger partial charge is 0.350 e. The zero-order valence-corrected chi connectivity index (χ0v) is 14.7. The van der Waals surface area contributed by atoms with E-state index in [2.05, 4.69) is 10.6 Å². The van der Waals surface area contributed by atoms with Gasteiger partial charge in [-0.05, 0) is 23.8 Å². The molecule has 0 aliphatic heterocycles. The first kappa shape index (κ1) is 16.4. The van der Waals surface area contributed by atoms with Crippen molar-refractivity contribution < 1.29 is 9.53 Å². The van der Waals surface area contributed by atoms with Crippen LogP contribution in [0.15, 0.2) is 54.6 Å². The number of carbonyl (C=O) groups is 1. The highest BCUT2D eigenvalue weighted by Gasteiger charge is 2.19. The van der Waals surface area contributed by atoms with Crippen molar-refractivity contribution in [1.82, 2.24) is 5.32 Å². The molecular weight excluding hydrogens is 340 g/mol.